The fourth-order valence-corrected chi connectivity index (χ4v) is 3.89. The van der Waals surface area contributed by atoms with E-state index in [1.165, 1.54) is 7.11 Å². The van der Waals surface area contributed by atoms with Crippen LogP contribution in [-0.4, -0.2) is 34.4 Å². The van der Waals surface area contributed by atoms with E-state index in [0.717, 1.165) is 16.8 Å². The molecule has 0 aliphatic carbocycles. The van der Waals surface area contributed by atoms with E-state index in [0.29, 0.717) is 11.4 Å². The van der Waals surface area contributed by atoms with Crippen LogP contribution in [0.4, 0.5) is 5.82 Å². The van der Waals surface area contributed by atoms with Crippen LogP contribution in [0.2, 0.25) is 0 Å². The van der Waals surface area contributed by atoms with Crippen molar-refractivity contribution in [2.75, 3.05) is 12.4 Å². The van der Waals surface area contributed by atoms with Crippen molar-refractivity contribution in [3.05, 3.63) is 46.6 Å². The minimum absolute atomic E-state index is 0.0376. The summed E-state index contributed by atoms with van der Waals surface area (Å²) in [6, 6.07) is 7.26. The molecule has 3 rings (SSSR count). The molecule has 2 N–H and O–H groups in total. The summed E-state index contributed by atoms with van der Waals surface area (Å²) in [4.78, 5) is 23.7. The highest BCUT2D eigenvalue weighted by molar-refractivity contribution is 8.01. The van der Waals surface area contributed by atoms with Gasteiger partial charge in [-0.05, 0) is 31.5 Å². The lowest BCUT2D eigenvalue weighted by atomic mass is 10.0. The van der Waals surface area contributed by atoms with Gasteiger partial charge in [0, 0.05) is 11.3 Å². The van der Waals surface area contributed by atoms with E-state index in [2.05, 4.69) is 15.5 Å². The van der Waals surface area contributed by atoms with Gasteiger partial charge in [-0.25, -0.2) is 4.79 Å². The maximum absolute atomic E-state index is 12.1. The number of nitrogens with zero attached hydrogens (tertiary/aromatic N) is 1. The Balaban J connectivity index is 2.02. The molecule has 1 aliphatic heterocycles. The number of hydrogen-bond donors (Lipinski definition) is 2. The van der Waals surface area contributed by atoms with Crippen molar-refractivity contribution < 1.29 is 14.3 Å². The maximum Gasteiger partial charge on any atom is 0.337 e. The first-order chi connectivity index (χ1) is 11.0. The molecule has 0 saturated carbocycles. The molecule has 1 aromatic heterocycles. The molecule has 0 bridgehead atoms. The quantitative estimate of drug-likeness (QED) is 0.827. The predicted molar refractivity (Wildman–Crippen MR) is 88.6 cm³/mol. The highest BCUT2D eigenvalue weighted by atomic mass is 32.2. The van der Waals surface area contributed by atoms with Gasteiger partial charge in [-0.15, -0.1) is 11.8 Å². The molecule has 120 valence electrons. The van der Waals surface area contributed by atoms with Crippen molar-refractivity contribution in [3.63, 3.8) is 0 Å². The molecule has 0 saturated heterocycles. The third-order valence-electron chi connectivity index (χ3n) is 3.84. The zero-order valence-corrected chi connectivity index (χ0v) is 13.9. The van der Waals surface area contributed by atoms with Gasteiger partial charge < -0.3 is 10.1 Å². The minimum atomic E-state index is -0.365. The van der Waals surface area contributed by atoms with Gasteiger partial charge in [0.1, 0.15) is 0 Å². The number of thioether (sulfide) groups is 1. The lowest BCUT2D eigenvalue weighted by Crippen LogP contribution is -2.21. The van der Waals surface area contributed by atoms with Crippen LogP contribution in [0.5, 0.6) is 0 Å². The standard InChI is InChI=1S/C16H17N3O3S/c1-8-12-13(10-4-6-11(7-5-10)16(21)22-3)23-9(2)15(20)17-14(12)19-18-8/h4-7,9,13H,1-3H3,(H2,17,18,19,20)/t9-,13+/m1/s1. The zero-order valence-electron chi connectivity index (χ0n) is 13.0. The van der Waals surface area contributed by atoms with Gasteiger partial charge in [0.15, 0.2) is 5.82 Å². The lowest BCUT2D eigenvalue weighted by Gasteiger charge is -2.17. The number of aromatic amines is 1. The summed E-state index contributed by atoms with van der Waals surface area (Å²) in [6.07, 6.45) is 0. The maximum atomic E-state index is 12.1. The summed E-state index contributed by atoms with van der Waals surface area (Å²) in [5.74, 6) is 0.151. The van der Waals surface area contributed by atoms with Crippen LogP contribution in [0, 0.1) is 6.92 Å². The monoisotopic (exact) mass is 331 g/mol. The Labute approximate surface area is 138 Å². The van der Waals surface area contributed by atoms with Crippen molar-refractivity contribution in [2.24, 2.45) is 0 Å². The summed E-state index contributed by atoms with van der Waals surface area (Å²) >= 11 is 1.56. The van der Waals surface area contributed by atoms with Gasteiger partial charge in [0.2, 0.25) is 5.91 Å². The van der Waals surface area contributed by atoms with E-state index in [9.17, 15) is 9.59 Å². The Morgan fingerprint density at radius 2 is 2.00 bits per heavy atom. The number of anilines is 1. The Morgan fingerprint density at radius 1 is 1.30 bits per heavy atom. The summed E-state index contributed by atoms with van der Waals surface area (Å²) in [6.45, 7) is 3.81. The molecule has 1 amide bonds. The van der Waals surface area contributed by atoms with E-state index < -0.39 is 0 Å². The van der Waals surface area contributed by atoms with E-state index in [1.54, 1.807) is 23.9 Å². The molecule has 2 atom stereocenters. The Bertz CT molecular complexity index is 754. The number of aromatic nitrogens is 2. The number of carbonyl (C=O) groups is 2. The van der Waals surface area contributed by atoms with Crippen LogP contribution in [0.15, 0.2) is 24.3 Å². The molecule has 6 nitrogen and oxygen atoms in total. The van der Waals surface area contributed by atoms with E-state index in [4.69, 9.17) is 4.74 Å². The molecule has 0 fully saturated rings. The fraction of sp³-hybridized carbons (Fsp3) is 0.312. The van der Waals surface area contributed by atoms with Crippen LogP contribution < -0.4 is 5.32 Å². The summed E-state index contributed by atoms with van der Waals surface area (Å²) < 4.78 is 4.72. The summed E-state index contributed by atoms with van der Waals surface area (Å²) in [5, 5.41) is 9.74. The molecule has 23 heavy (non-hydrogen) atoms. The second-order valence-electron chi connectivity index (χ2n) is 5.37. The van der Waals surface area contributed by atoms with Gasteiger partial charge in [0.25, 0.3) is 0 Å². The normalized spacial score (nSPS) is 20.4. The molecular weight excluding hydrogens is 314 g/mol. The molecule has 0 radical (unpaired) electrons. The second kappa shape index (κ2) is 6.08. The number of H-pyrrole nitrogens is 1. The Hall–Kier alpha value is -2.28. The number of ether oxygens (including phenoxy) is 1. The van der Waals surface area contributed by atoms with Gasteiger partial charge >= 0.3 is 5.97 Å². The first-order valence-corrected chi connectivity index (χ1v) is 8.15. The number of fused-ring (bicyclic) bond motifs is 1. The summed E-state index contributed by atoms with van der Waals surface area (Å²) in [5.41, 5.74) is 3.40. The molecule has 2 aromatic rings. The largest absolute Gasteiger partial charge is 0.465 e. The molecule has 0 unspecified atom stereocenters. The number of aryl methyl sites for hydroxylation is 1. The molecular formula is C16H17N3O3S. The van der Waals surface area contributed by atoms with E-state index in [1.807, 2.05) is 26.0 Å². The molecule has 1 aromatic carbocycles. The Kier molecular flexibility index (Phi) is 4.12. The van der Waals surface area contributed by atoms with Gasteiger partial charge in [-0.2, -0.15) is 5.10 Å². The third kappa shape index (κ3) is 2.84. The highest BCUT2D eigenvalue weighted by Crippen LogP contribution is 2.44. The first-order valence-electron chi connectivity index (χ1n) is 7.20. The molecule has 7 heteroatoms. The van der Waals surface area contributed by atoms with Crippen molar-refractivity contribution in [1.82, 2.24) is 10.2 Å². The van der Waals surface area contributed by atoms with Gasteiger partial charge in [-0.1, -0.05) is 12.1 Å². The van der Waals surface area contributed by atoms with Crippen LogP contribution in [0.25, 0.3) is 0 Å². The van der Waals surface area contributed by atoms with Crippen LogP contribution in [-0.2, 0) is 9.53 Å². The number of esters is 1. The van der Waals surface area contributed by atoms with Crippen LogP contribution in [0.1, 0.15) is 39.4 Å². The van der Waals surface area contributed by atoms with Crippen molar-refractivity contribution >= 4 is 29.5 Å². The number of amides is 1. The average molecular weight is 331 g/mol. The second-order valence-corrected chi connectivity index (χ2v) is 6.82. The van der Waals surface area contributed by atoms with Crippen molar-refractivity contribution in [2.45, 2.75) is 24.3 Å². The molecule has 1 aliphatic rings. The molecule has 0 spiro atoms. The summed E-state index contributed by atoms with van der Waals surface area (Å²) in [7, 11) is 1.36. The number of nitrogens with one attached hydrogen (secondary N) is 2. The third-order valence-corrected chi connectivity index (χ3v) is 5.24. The Morgan fingerprint density at radius 3 is 2.65 bits per heavy atom. The fourth-order valence-electron chi connectivity index (χ4n) is 2.56. The van der Waals surface area contributed by atoms with E-state index in [-0.39, 0.29) is 22.4 Å². The van der Waals surface area contributed by atoms with Gasteiger partial charge in [-0.3, -0.25) is 9.89 Å². The van der Waals surface area contributed by atoms with E-state index >= 15 is 0 Å². The van der Waals surface area contributed by atoms with Crippen LogP contribution >= 0.6 is 11.8 Å². The number of benzene rings is 1. The topological polar surface area (TPSA) is 84.1 Å². The number of methoxy groups -OCH3 is 1. The number of hydrogen-bond acceptors (Lipinski definition) is 5. The van der Waals surface area contributed by atoms with Crippen molar-refractivity contribution in [1.29, 1.82) is 0 Å². The highest BCUT2D eigenvalue weighted by Gasteiger charge is 2.32. The van der Waals surface area contributed by atoms with Crippen molar-refractivity contribution in [3.8, 4) is 0 Å². The van der Waals surface area contributed by atoms with Gasteiger partial charge in [0.05, 0.1) is 23.2 Å². The molecule has 2 heterocycles. The van der Waals surface area contributed by atoms with Crippen LogP contribution in [0.3, 0.4) is 0 Å². The SMILES string of the molecule is COC(=O)c1ccc([C@@H]2S[C@H](C)C(=O)Nc3n[nH]c(C)c32)cc1. The zero-order chi connectivity index (χ0) is 16.6. The number of rotatable bonds is 2. The minimum Gasteiger partial charge on any atom is -0.465 e. The predicted octanol–water partition coefficient (Wildman–Crippen LogP) is 2.67. The first kappa shape index (κ1) is 15.6. The number of carbonyl (C=O) groups excluding carboxylic acids is 2. The average Bonchev–Trinajstić information content (AvgIpc) is 2.85. The smallest absolute Gasteiger partial charge is 0.337 e. The lowest BCUT2D eigenvalue weighted by molar-refractivity contribution is -0.115.